The van der Waals surface area contributed by atoms with Gasteiger partial charge in [-0.25, -0.2) is 0 Å². The maximum Gasteiger partial charge on any atom is 0.255 e. The number of hydrogen-bond acceptors (Lipinski definition) is 3. The Hall–Kier alpha value is -2.60. The van der Waals surface area contributed by atoms with Gasteiger partial charge in [-0.15, -0.1) is 0 Å². The largest absolute Gasteiger partial charge is 0.352 e. The highest BCUT2D eigenvalue weighted by atomic mass is 16.2. The molecule has 0 unspecified atom stereocenters. The van der Waals surface area contributed by atoms with Crippen molar-refractivity contribution in [2.75, 3.05) is 32.7 Å². The van der Waals surface area contributed by atoms with Gasteiger partial charge in [0.2, 0.25) is 5.91 Å². The van der Waals surface area contributed by atoms with Crippen molar-refractivity contribution >= 4 is 11.8 Å². The zero-order valence-electron chi connectivity index (χ0n) is 17.6. The van der Waals surface area contributed by atoms with Gasteiger partial charge >= 0.3 is 0 Å². The number of amides is 2. The molecule has 2 aromatic rings. The van der Waals surface area contributed by atoms with Gasteiger partial charge in [0.05, 0.1) is 12.1 Å². The molecule has 29 heavy (non-hydrogen) atoms. The first kappa shape index (κ1) is 19.7. The molecule has 154 valence electrons. The van der Waals surface area contributed by atoms with Crippen LogP contribution in [0.3, 0.4) is 0 Å². The second-order valence-electron chi connectivity index (χ2n) is 8.37. The molecular formula is C23H30N4O2. The molecule has 1 saturated heterocycles. The van der Waals surface area contributed by atoms with Gasteiger partial charge in [0.15, 0.2) is 0 Å². The molecule has 2 fully saturated rings. The van der Waals surface area contributed by atoms with Crippen LogP contribution in [0.2, 0.25) is 0 Å². The van der Waals surface area contributed by atoms with E-state index in [-0.39, 0.29) is 11.8 Å². The van der Waals surface area contributed by atoms with Gasteiger partial charge in [-0.2, -0.15) is 0 Å². The first-order valence-electron chi connectivity index (χ1n) is 10.5. The molecule has 0 bridgehead atoms. The van der Waals surface area contributed by atoms with E-state index in [0.717, 1.165) is 48.6 Å². The number of nitrogens with one attached hydrogen (secondary N) is 1. The molecule has 1 aromatic heterocycles. The summed E-state index contributed by atoms with van der Waals surface area (Å²) in [5.74, 6) is 0.188. The van der Waals surface area contributed by atoms with Crippen LogP contribution in [-0.2, 0) is 4.79 Å². The van der Waals surface area contributed by atoms with Crippen LogP contribution in [-0.4, -0.2) is 64.9 Å². The fraction of sp³-hybridized carbons (Fsp3) is 0.478. The quantitative estimate of drug-likeness (QED) is 0.848. The lowest BCUT2D eigenvalue weighted by molar-refractivity contribution is -0.122. The van der Waals surface area contributed by atoms with Crippen molar-refractivity contribution in [1.29, 1.82) is 0 Å². The Labute approximate surface area is 172 Å². The van der Waals surface area contributed by atoms with E-state index >= 15 is 0 Å². The third kappa shape index (κ3) is 4.37. The van der Waals surface area contributed by atoms with E-state index in [1.807, 2.05) is 30.9 Å². The molecule has 1 aliphatic carbocycles. The minimum Gasteiger partial charge on any atom is -0.352 e. The lowest BCUT2D eigenvalue weighted by Crippen LogP contribution is -2.51. The molecule has 0 atom stereocenters. The van der Waals surface area contributed by atoms with Gasteiger partial charge in [0.1, 0.15) is 0 Å². The van der Waals surface area contributed by atoms with Crippen molar-refractivity contribution in [3.63, 3.8) is 0 Å². The lowest BCUT2D eigenvalue weighted by Gasteiger charge is -2.34. The molecule has 2 amide bonds. The van der Waals surface area contributed by atoms with Crippen LogP contribution in [0, 0.1) is 20.8 Å². The van der Waals surface area contributed by atoms with Gasteiger partial charge in [0.25, 0.3) is 5.91 Å². The second kappa shape index (κ2) is 8.03. The number of benzene rings is 1. The fourth-order valence-corrected chi connectivity index (χ4v) is 4.13. The summed E-state index contributed by atoms with van der Waals surface area (Å²) in [6, 6.07) is 10.7. The highest BCUT2D eigenvalue weighted by Crippen LogP contribution is 2.23. The van der Waals surface area contributed by atoms with Crippen LogP contribution in [0.1, 0.15) is 40.2 Å². The zero-order chi connectivity index (χ0) is 20.5. The monoisotopic (exact) mass is 394 g/mol. The highest BCUT2D eigenvalue weighted by Gasteiger charge is 2.28. The predicted molar refractivity (Wildman–Crippen MR) is 113 cm³/mol. The van der Waals surface area contributed by atoms with Crippen molar-refractivity contribution in [2.45, 2.75) is 39.7 Å². The summed E-state index contributed by atoms with van der Waals surface area (Å²) in [4.78, 5) is 29.2. The highest BCUT2D eigenvalue weighted by molar-refractivity contribution is 5.96. The summed E-state index contributed by atoms with van der Waals surface area (Å²) < 4.78 is 2.15. The van der Waals surface area contributed by atoms with Crippen LogP contribution in [0.15, 0.2) is 30.3 Å². The molecule has 6 nitrogen and oxygen atoms in total. The van der Waals surface area contributed by atoms with Gasteiger partial charge < -0.3 is 14.8 Å². The maximum atomic E-state index is 13.2. The number of carbonyl (C=O) groups is 2. The van der Waals surface area contributed by atoms with Crippen molar-refractivity contribution < 1.29 is 9.59 Å². The Morgan fingerprint density at radius 1 is 1.03 bits per heavy atom. The fourth-order valence-electron chi connectivity index (χ4n) is 4.13. The summed E-state index contributed by atoms with van der Waals surface area (Å²) in [6.45, 7) is 9.35. The topological polar surface area (TPSA) is 57.6 Å². The van der Waals surface area contributed by atoms with Crippen LogP contribution >= 0.6 is 0 Å². The Balaban J connectivity index is 1.41. The second-order valence-corrected chi connectivity index (χ2v) is 8.37. The van der Waals surface area contributed by atoms with Crippen molar-refractivity contribution in [1.82, 2.24) is 19.7 Å². The molecule has 2 heterocycles. The Morgan fingerprint density at radius 3 is 2.41 bits per heavy atom. The van der Waals surface area contributed by atoms with Crippen molar-refractivity contribution in [2.24, 2.45) is 0 Å². The first-order chi connectivity index (χ1) is 13.9. The van der Waals surface area contributed by atoms with E-state index < -0.39 is 0 Å². The maximum absolute atomic E-state index is 13.2. The summed E-state index contributed by atoms with van der Waals surface area (Å²) in [5.41, 5.74) is 5.09. The number of rotatable bonds is 5. The van der Waals surface area contributed by atoms with E-state index in [0.29, 0.717) is 25.7 Å². The summed E-state index contributed by atoms with van der Waals surface area (Å²) >= 11 is 0. The van der Waals surface area contributed by atoms with Gasteiger partial charge in [-0.1, -0.05) is 12.1 Å². The first-order valence-corrected chi connectivity index (χ1v) is 10.5. The van der Waals surface area contributed by atoms with Crippen LogP contribution < -0.4 is 5.32 Å². The zero-order valence-corrected chi connectivity index (χ0v) is 17.6. The lowest BCUT2D eigenvalue weighted by atomic mass is 10.2. The molecule has 4 rings (SSSR count). The Bertz CT molecular complexity index is 921. The minimum absolute atomic E-state index is 0.0825. The number of aromatic nitrogens is 1. The van der Waals surface area contributed by atoms with E-state index in [9.17, 15) is 9.59 Å². The Morgan fingerprint density at radius 2 is 1.76 bits per heavy atom. The number of nitrogens with zero attached hydrogens (tertiary/aromatic N) is 3. The normalized spacial score (nSPS) is 17.4. The standard InChI is InChI=1S/C23H30N4O2/c1-16-5-4-6-20(13-16)27-17(2)14-21(18(27)3)23(29)26-11-9-25(10-12-26)15-22(28)24-19-7-8-19/h4-6,13-14,19H,7-12,15H2,1-3H3,(H,24,28). The van der Waals surface area contributed by atoms with Crippen LogP contribution in [0.4, 0.5) is 0 Å². The van der Waals surface area contributed by atoms with Crippen LogP contribution in [0.5, 0.6) is 0 Å². The van der Waals surface area contributed by atoms with Crippen molar-refractivity contribution in [3.8, 4) is 5.69 Å². The van der Waals surface area contributed by atoms with Gasteiger partial charge in [-0.3, -0.25) is 14.5 Å². The predicted octanol–water partition coefficient (Wildman–Crippen LogP) is 2.44. The Kier molecular flexibility index (Phi) is 5.46. The number of aryl methyl sites for hydroxylation is 2. The van der Waals surface area contributed by atoms with Gasteiger partial charge in [-0.05, 0) is 57.4 Å². The average Bonchev–Trinajstić information content (AvgIpc) is 3.44. The van der Waals surface area contributed by atoms with Crippen molar-refractivity contribution in [3.05, 3.63) is 52.8 Å². The van der Waals surface area contributed by atoms with E-state index in [2.05, 4.69) is 39.9 Å². The average molecular weight is 395 g/mol. The van der Waals surface area contributed by atoms with Gasteiger partial charge in [0, 0.05) is 49.3 Å². The minimum atomic E-state index is 0.0825. The smallest absolute Gasteiger partial charge is 0.255 e. The molecular weight excluding hydrogens is 364 g/mol. The molecule has 2 aliphatic rings. The molecule has 0 radical (unpaired) electrons. The number of carbonyl (C=O) groups excluding carboxylic acids is 2. The summed E-state index contributed by atoms with van der Waals surface area (Å²) in [6.07, 6.45) is 2.21. The number of hydrogen-bond donors (Lipinski definition) is 1. The molecule has 1 aliphatic heterocycles. The van der Waals surface area contributed by atoms with E-state index in [1.165, 1.54) is 5.56 Å². The third-order valence-corrected chi connectivity index (χ3v) is 5.89. The van der Waals surface area contributed by atoms with E-state index in [1.54, 1.807) is 0 Å². The van der Waals surface area contributed by atoms with Crippen LogP contribution in [0.25, 0.3) is 5.69 Å². The number of piperazine rings is 1. The summed E-state index contributed by atoms with van der Waals surface area (Å²) in [5, 5.41) is 3.03. The van der Waals surface area contributed by atoms with E-state index in [4.69, 9.17) is 0 Å². The molecule has 1 aromatic carbocycles. The third-order valence-electron chi connectivity index (χ3n) is 5.89. The summed E-state index contributed by atoms with van der Waals surface area (Å²) in [7, 11) is 0. The molecule has 6 heteroatoms. The molecule has 1 saturated carbocycles. The molecule has 0 spiro atoms. The molecule has 1 N–H and O–H groups in total. The SMILES string of the molecule is Cc1cccc(-n2c(C)cc(C(=O)N3CCN(CC(=O)NC4CC4)CC3)c2C)c1.